The molecule has 2 amide bonds. The van der Waals surface area contributed by atoms with Crippen molar-refractivity contribution in [3.05, 3.63) is 22.4 Å². The van der Waals surface area contributed by atoms with E-state index in [0.717, 1.165) is 12.8 Å². The second-order valence-corrected chi connectivity index (χ2v) is 6.31. The molecule has 1 aliphatic heterocycles. The van der Waals surface area contributed by atoms with E-state index in [4.69, 9.17) is 0 Å². The van der Waals surface area contributed by atoms with Crippen LogP contribution in [0.2, 0.25) is 0 Å². The molecule has 1 aliphatic rings. The lowest BCUT2D eigenvalue weighted by atomic mass is 10.0. The molecule has 1 aromatic rings. The van der Waals surface area contributed by atoms with Crippen molar-refractivity contribution < 1.29 is 14.7 Å². The molecular formula is C14H20N2O3S. The summed E-state index contributed by atoms with van der Waals surface area (Å²) in [6, 6.07) is 3.16. The van der Waals surface area contributed by atoms with Gasteiger partial charge in [-0.2, -0.15) is 0 Å². The van der Waals surface area contributed by atoms with Gasteiger partial charge in [0.1, 0.15) is 6.04 Å². The number of rotatable bonds is 4. The highest BCUT2D eigenvalue weighted by molar-refractivity contribution is 7.09. The molecule has 0 aromatic carbocycles. The largest absolute Gasteiger partial charge is 0.480 e. The van der Waals surface area contributed by atoms with Crippen LogP contribution in [0.5, 0.6) is 0 Å². The number of likely N-dealkylation sites (N-methyl/N-ethyl adjacent to an activating group) is 1. The maximum absolute atomic E-state index is 12.4. The number of hydrogen-bond acceptors (Lipinski definition) is 3. The normalized spacial score (nSPS) is 22.0. The molecule has 20 heavy (non-hydrogen) atoms. The zero-order chi connectivity index (χ0) is 14.7. The molecule has 0 bridgehead atoms. The van der Waals surface area contributed by atoms with Crippen LogP contribution in [0.3, 0.4) is 0 Å². The van der Waals surface area contributed by atoms with Gasteiger partial charge in [0.15, 0.2) is 0 Å². The second kappa shape index (κ2) is 6.26. The number of carbonyl (C=O) groups is 2. The Morgan fingerprint density at radius 2 is 2.30 bits per heavy atom. The van der Waals surface area contributed by atoms with E-state index in [1.54, 1.807) is 23.3 Å². The third-order valence-corrected chi connectivity index (χ3v) is 4.74. The van der Waals surface area contributed by atoms with Gasteiger partial charge in [0.05, 0.1) is 0 Å². The zero-order valence-electron chi connectivity index (χ0n) is 11.8. The summed E-state index contributed by atoms with van der Waals surface area (Å²) in [7, 11) is 1.73. The van der Waals surface area contributed by atoms with Crippen molar-refractivity contribution in [3.8, 4) is 0 Å². The van der Waals surface area contributed by atoms with Gasteiger partial charge < -0.3 is 14.9 Å². The van der Waals surface area contributed by atoms with Crippen molar-refractivity contribution in [2.24, 2.45) is 5.92 Å². The average molecular weight is 296 g/mol. The van der Waals surface area contributed by atoms with E-state index < -0.39 is 12.0 Å². The van der Waals surface area contributed by atoms with Gasteiger partial charge in [-0.05, 0) is 30.2 Å². The fraction of sp³-hybridized carbons (Fsp3) is 0.571. The van der Waals surface area contributed by atoms with E-state index in [1.807, 2.05) is 24.4 Å². The molecule has 110 valence electrons. The van der Waals surface area contributed by atoms with Crippen LogP contribution in [0.15, 0.2) is 17.5 Å². The van der Waals surface area contributed by atoms with Gasteiger partial charge in [0, 0.05) is 25.0 Å². The summed E-state index contributed by atoms with van der Waals surface area (Å²) >= 11 is 1.67. The fourth-order valence-corrected chi connectivity index (χ4v) is 3.28. The first-order valence-electron chi connectivity index (χ1n) is 6.77. The minimum absolute atomic E-state index is 0.0159. The average Bonchev–Trinajstić information content (AvgIpc) is 3.03. The summed E-state index contributed by atoms with van der Waals surface area (Å²) < 4.78 is 0. The summed E-state index contributed by atoms with van der Waals surface area (Å²) in [4.78, 5) is 28.0. The molecule has 0 radical (unpaired) electrons. The number of hydrogen-bond donors (Lipinski definition) is 1. The quantitative estimate of drug-likeness (QED) is 0.926. The smallest absolute Gasteiger partial charge is 0.326 e. The molecule has 1 saturated heterocycles. The van der Waals surface area contributed by atoms with Crippen molar-refractivity contribution in [1.82, 2.24) is 9.80 Å². The van der Waals surface area contributed by atoms with E-state index in [-0.39, 0.29) is 11.9 Å². The minimum atomic E-state index is -0.907. The molecule has 0 aliphatic carbocycles. The third-order valence-electron chi connectivity index (χ3n) is 3.80. The summed E-state index contributed by atoms with van der Waals surface area (Å²) in [5, 5.41) is 11.3. The fourth-order valence-electron chi connectivity index (χ4n) is 2.59. The van der Waals surface area contributed by atoms with E-state index in [9.17, 15) is 14.7 Å². The number of carbonyl (C=O) groups excluding carboxylic acids is 1. The predicted molar refractivity (Wildman–Crippen MR) is 78.0 cm³/mol. The topological polar surface area (TPSA) is 60.9 Å². The van der Waals surface area contributed by atoms with Crippen LogP contribution >= 0.6 is 11.3 Å². The number of carboxylic acids is 1. The van der Waals surface area contributed by atoms with Crippen LogP contribution in [0.25, 0.3) is 0 Å². The Morgan fingerprint density at radius 3 is 2.90 bits per heavy atom. The van der Waals surface area contributed by atoms with E-state index in [2.05, 4.69) is 0 Å². The van der Waals surface area contributed by atoms with Gasteiger partial charge in [0.2, 0.25) is 0 Å². The van der Waals surface area contributed by atoms with Gasteiger partial charge in [-0.1, -0.05) is 13.0 Å². The molecule has 1 fully saturated rings. The first-order valence-corrected chi connectivity index (χ1v) is 7.65. The number of carboxylic acid groups (broad SMARTS) is 1. The highest BCUT2D eigenvalue weighted by Gasteiger charge is 2.40. The number of aliphatic carboxylic acids is 1. The van der Waals surface area contributed by atoms with Gasteiger partial charge in [-0.25, -0.2) is 9.59 Å². The second-order valence-electron chi connectivity index (χ2n) is 5.28. The lowest BCUT2D eigenvalue weighted by Crippen LogP contribution is -2.48. The van der Waals surface area contributed by atoms with E-state index in [0.29, 0.717) is 13.1 Å². The van der Waals surface area contributed by atoms with Crippen molar-refractivity contribution in [1.29, 1.82) is 0 Å². The predicted octanol–water partition coefficient (Wildman–Crippen LogP) is 2.14. The lowest BCUT2D eigenvalue weighted by Gasteiger charge is -2.28. The van der Waals surface area contributed by atoms with Crippen molar-refractivity contribution in [2.75, 3.05) is 20.1 Å². The summed E-state index contributed by atoms with van der Waals surface area (Å²) in [6.07, 6.45) is 1.56. The Balaban J connectivity index is 1.94. The Bertz CT molecular complexity index is 475. The van der Waals surface area contributed by atoms with E-state index >= 15 is 0 Å². The van der Waals surface area contributed by atoms with Crippen LogP contribution in [0, 0.1) is 5.92 Å². The molecule has 5 nitrogen and oxygen atoms in total. The first kappa shape index (κ1) is 14.8. The molecule has 2 atom stereocenters. The van der Waals surface area contributed by atoms with Gasteiger partial charge in [0.25, 0.3) is 0 Å². The van der Waals surface area contributed by atoms with Gasteiger partial charge in [-0.15, -0.1) is 11.3 Å². The van der Waals surface area contributed by atoms with Crippen molar-refractivity contribution >= 4 is 23.3 Å². The highest BCUT2D eigenvalue weighted by Crippen LogP contribution is 2.25. The number of likely N-dealkylation sites (tertiary alicyclic amines) is 1. The molecule has 1 aromatic heterocycles. The maximum Gasteiger partial charge on any atom is 0.326 e. The SMILES string of the molecule is CC1CCN(C(=O)N(C)CCc2cccs2)C1C(=O)O. The van der Waals surface area contributed by atoms with E-state index in [1.165, 1.54) is 9.78 Å². The molecule has 1 N–H and O–H groups in total. The monoisotopic (exact) mass is 296 g/mol. The number of urea groups is 1. The molecule has 6 heteroatoms. The highest BCUT2D eigenvalue weighted by atomic mass is 32.1. The summed E-state index contributed by atoms with van der Waals surface area (Å²) in [5.74, 6) is -0.892. The molecule has 2 heterocycles. The Morgan fingerprint density at radius 1 is 1.55 bits per heavy atom. The third kappa shape index (κ3) is 3.12. The van der Waals surface area contributed by atoms with Crippen molar-refractivity contribution in [3.63, 3.8) is 0 Å². The Labute approximate surface area is 122 Å². The van der Waals surface area contributed by atoms with Crippen molar-refractivity contribution in [2.45, 2.75) is 25.8 Å². The zero-order valence-corrected chi connectivity index (χ0v) is 12.6. The molecular weight excluding hydrogens is 276 g/mol. The van der Waals surface area contributed by atoms with Gasteiger partial charge >= 0.3 is 12.0 Å². The van der Waals surface area contributed by atoms with Crippen LogP contribution in [0.1, 0.15) is 18.2 Å². The van der Waals surface area contributed by atoms with Crippen LogP contribution in [-0.4, -0.2) is 53.1 Å². The maximum atomic E-state index is 12.4. The molecule has 0 saturated carbocycles. The standard InChI is InChI=1S/C14H20N2O3S/c1-10-5-8-16(12(10)13(17)18)14(19)15(2)7-6-11-4-3-9-20-11/h3-4,9-10,12H,5-8H2,1-2H3,(H,17,18). The number of amides is 2. The minimum Gasteiger partial charge on any atom is -0.480 e. The van der Waals surface area contributed by atoms with Crippen LogP contribution in [-0.2, 0) is 11.2 Å². The van der Waals surface area contributed by atoms with Gasteiger partial charge in [-0.3, -0.25) is 0 Å². The molecule has 2 rings (SSSR count). The first-order chi connectivity index (χ1) is 9.50. The Kier molecular flexibility index (Phi) is 4.65. The number of thiophene rings is 1. The summed E-state index contributed by atoms with van der Waals surface area (Å²) in [6.45, 7) is 3.02. The van der Waals surface area contributed by atoms with Crippen LogP contribution in [0.4, 0.5) is 4.79 Å². The molecule has 2 unspecified atom stereocenters. The van der Waals surface area contributed by atoms with Crippen LogP contribution < -0.4 is 0 Å². The Hall–Kier alpha value is -1.56. The lowest BCUT2D eigenvalue weighted by molar-refractivity contribution is -0.142. The number of nitrogens with zero attached hydrogens (tertiary/aromatic N) is 2. The summed E-state index contributed by atoms with van der Waals surface area (Å²) in [5.41, 5.74) is 0. The molecule has 0 spiro atoms.